The van der Waals surface area contributed by atoms with Gasteiger partial charge in [0.15, 0.2) is 0 Å². The van der Waals surface area contributed by atoms with Crippen molar-refractivity contribution in [3.63, 3.8) is 0 Å². The van der Waals surface area contributed by atoms with Crippen LogP contribution in [0.25, 0.3) is 0 Å². The third kappa shape index (κ3) is 4.98. The number of ether oxygens (including phenoxy) is 1. The normalized spacial score (nSPS) is 16.0. The summed E-state index contributed by atoms with van der Waals surface area (Å²) < 4.78 is 5.34. The number of thioether (sulfide) groups is 1. The Balaban J connectivity index is 1.73. The molecule has 9 heteroatoms. The minimum Gasteiger partial charge on any atom is -0.496 e. The van der Waals surface area contributed by atoms with Gasteiger partial charge >= 0.3 is 0 Å². The van der Waals surface area contributed by atoms with Crippen LogP contribution in [0.4, 0.5) is 10.5 Å². The molecule has 1 atom stereocenters. The van der Waals surface area contributed by atoms with E-state index in [0.717, 1.165) is 17.3 Å². The number of anilines is 1. The number of methoxy groups -OCH3 is 1. The van der Waals surface area contributed by atoms with E-state index in [1.807, 2.05) is 6.07 Å². The molecule has 1 unspecified atom stereocenters. The lowest BCUT2D eigenvalue weighted by Gasteiger charge is -2.13. The summed E-state index contributed by atoms with van der Waals surface area (Å²) >= 11 is 12.9. The van der Waals surface area contributed by atoms with Crippen molar-refractivity contribution in [2.24, 2.45) is 0 Å². The van der Waals surface area contributed by atoms with Crippen molar-refractivity contribution >= 4 is 57.7 Å². The second-order valence-corrected chi connectivity index (χ2v) is 8.10. The smallest absolute Gasteiger partial charge is 0.286 e. The van der Waals surface area contributed by atoms with Crippen LogP contribution in [0.3, 0.4) is 0 Å². The van der Waals surface area contributed by atoms with E-state index >= 15 is 0 Å². The molecule has 2 aromatic carbocycles. The first-order valence-corrected chi connectivity index (χ1v) is 9.91. The minimum atomic E-state index is -0.476. The van der Waals surface area contributed by atoms with Gasteiger partial charge in [-0.3, -0.25) is 19.7 Å². The number of imide groups is 1. The van der Waals surface area contributed by atoms with Crippen molar-refractivity contribution in [2.75, 3.05) is 12.4 Å². The molecule has 146 valence electrons. The average molecular weight is 439 g/mol. The molecule has 0 saturated carbocycles. The summed E-state index contributed by atoms with van der Waals surface area (Å²) in [6.07, 6.45) is 0.433. The first-order valence-electron chi connectivity index (χ1n) is 8.28. The van der Waals surface area contributed by atoms with Gasteiger partial charge in [-0.05, 0) is 36.2 Å². The second kappa shape index (κ2) is 8.86. The average Bonchev–Trinajstić information content (AvgIpc) is 2.95. The number of nitrogens with one attached hydrogen (secondary N) is 2. The molecular weight excluding hydrogens is 423 g/mol. The first kappa shape index (κ1) is 20.5. The highest BCUT2D eigenvalue weighted by molar-refractivity contribution is 8.15. The molecule has 1 aliphatic rings. The summed E-state index contributed by atoms with van der Waals surface area (Å²) in [4.78, 5) is 35.6. The van der Waals surface area contributed by atoms with Crippen LogP contribution in [0, 0.1) is 0 Å². The van der Waals surface area contributed by atoms with Gasteiger partial charge in [-0.2, -0.15) is 0 Å². The predicted octanol–water partition coefficient (Wildman–Crippen LogP) is 4.08. The van der Waals surface area contributed by atoms with E-state index in [-0.39, 0.29) is 23.5 Å². The number of halogens is 2. The molecule has 1 saturated heterocycles. The number of carbonyl (C=O) groups is 3. The molecule has 3 amide bonds. The van der Waals surface area contributed by atoms with Gasteiger partial charge in [-0.25, -0.2) is 0 Å². The Morgan fingerprint density at radius 1 is 1.21 bits per heavy atom. The zero-order valence-electron chi connectivity index (χ0n) is 14.8. The van der Waals surface area contributed by atoms with Gasteiger partial charge in [0.05, 0.1) is 29.5 Å². The molecule has 1 aliphatic heterocycles. The van der Waals surface area contributed by atoms with Crippen LogP contribution in [-0.2, 0) is 22.4 Å². The van der Waals surface area contributed by atoms with Crippen molar-refractivity contribution in [1.82, 2.24) is 5.32 Å². The largest absolute Gasteiger partial charge is 0.496 e. The van der Waals surface area contributed by atoms with Gasteiger partial charge in [0.2, 0.25) is 11.8 Å². The van der Waals surface area contributed by atoms with E-state index in [4.69, 9.17) is 27.9 Å². The Morgan fingerprint density at radius 2 is 2.00 bits per heavy atom. The SMILES string of the molecule is COc1ccc(CC2SC(=O)NC2=O)cc1CC(=O)Nc1ccc(Cl)cc1Cl. The van der Waals surface area contributed by atoms with E-state index in [9.17, 15) is 14.4 Å². The lowest BCUT2D eigenvalue weighted by atomic mass is 10.0. The molecule has 0 radical (unpaired) electrons. The van der Waals surface area contributed by atoms with Gasteiger partial charge in [0, 0.05) is 10.6 Å². The summed E-state index contributed by atoms with van der Waals surface area (Å²) in [5, 5.41) is 5.01. The lowest BCUT2D eigenvalue weighted by Crippen LogP contribution is -2.25. The molecule has 1 heterocycles. The van der Waals surface area contributed by atoms with Crippen molar-refractivity contribution in [2.45, 2.75) is 18.1 Å². The van der Waals surface area contributed by atoms with E-state index in [1.54, 1.807) is 30.3 Å². The topological polar surface area (TPSA) is 84.5 Å². The van der Waals surface area contributed by atoms with Crippen LogP contribution in [0.5, 0.6) is 5.75 Å². The van der Waals surface area contributed by atoms with Crippen LogP contribution in [0.15, 0.2) is 36.4 Å². The number of rotatable bonds is 6. The van der Waals surface area contributed by atoms with Gasteiger partial charge in [0.25, 0.3) is 5.24 Å². The zero-order chi connectivity index (χ0) is 20.3. The molecular formula is C19H16Cl2N2O4S. The maximum absolute atomic E-state index is 12.5. The fraction of sp³-hybridized carbons (Fsp3) is 0.211. The Kier molecular flexibility index (Phi) is 6.49. The van der Waals surface area contributed by atoms with Gasteiger partial charge in [-0.15, -0.1) is 0 Å². The highest BCUT2D eigenvalue weighted by Crippen LogP contribution is 2.28. The highest BCUT2D eigenvalue weighted by atomic mass is 35.5. The summed E-state index contributed by atoms with van der Waals surface area (Å²) in [5.74, 6) is -0.0222. The van der Waals surface area contributed by atoms with Gasteiger partial charge < -0.3 is 10.1 Å². The maximum Gasteiger partial charge on any atom is 0.286 e. The second-order valence-electron chi connectivity index (χ2n) is 6.08. The Hall–Kier alpha value is -2.22. The number of amides is 3. The van der Waals surface area contributed by atoms with Crippen LogP contribution in [0.1, 0.15) is 11.1 Å². The molecule has 0 aliphatic carbocycles. The highest BCUT2D eigenvalue weighted by Gasteiger charge is 2.31. The molecule has 28 heavy (non-hydrogen) atoms. The third-order valence-electron chi connectivity index (χ3n) is 4.09. The standard InChI is InChI=1S/C19H16Cl2N2O4S/c1-27-15-5-2-10(7-16-18(25)23-19(26)28-16)6-11(15)8-17(24)22-14-4-3-12(20)9-13(14)21/h2-6,9,16H,7-8H2,1H3,(H,22,24)(H,23,25,26). The summed E-state index contributed by atoms with van der Waals surface area (Å²) in [7, 11) is 1.52. The van der Waals surface area contributed by atoms with Crippen molar-refractivity contribution < 1.29 is 19.1 Å². The first-order chi connectivity index (χ1) is 13.4. The van der Waals surface area contributed by atoms with Crippen LogP contribution in [-0.4, -0.2) is 29.4 Å². The molecule has 3 rings (SSSR count). The van der Waals surface area contributed by atoms with E-state index < -0.39 is 5.25 Å². The van der Waals surface area contributed by atoms with Crippen molar-refractivity contribution in [1.29, 1.82) is 0 Å². The molecule has 2 N–H and O–H groups in total. The molecule has 0 aromatic heterocycles. The number of hydrogen-bond acceptors (Lipinski definition) is 5. The Bertz CT molecular complexity index is 952. The van der Waals surface area contributed by atoms with Gasteiger partial charge in [0.1, 0.15) is 5.75 Å². The van der Waals surface area contributed by atoms with Gasteiger partial charge in [-0.1, -0.05) is 47.1 Å². The Morgan fingerprint density at radius 3 is 2.64 bits per heavy atom. The molecule has 0 spiro atoms. The van der Waals surface area contributed by atoms with E-state index in [0.29, 0.717) is 33.5 Å². The zero-order valence-corrected chi connectivity index (χ0v) is 17.1. The fourth-order valence-electron chi connectivity index (χ4n) is 2.80. The van der Waals surface area contributed by atoms with Crippen LogP contribution in [0.2, 0.25) is 10.0 Å². The lowest BCUT2D eigenvalue weighted by molar-refractivity contribution is -0.119. The fourth-order valence-corrected chi connectivity index (χ4v) is 4.11. The number of benzene rings is 2. The minimum absolute atomic E-state index is 0.0545. The molecule has 6 nitrogen and oxygen atoms in total. The number of carbonyl (C=O) groups excluding carboxylic acids is 3. The summed E-state index contributed by atoms with van der Waals surface area (Å²) in [5.41, 5.74) is 1.96. The molecule has 2 aromatic rings. The summed E-state index contributed by atoms with van der Waals surface area (Å²) in [6, 6.07) is 10.2. The predicted molar refractivity (Wildman–Crippen MR) is 110 cm³/mol. The van der Waals surface area contributed by atoms with E-state index in [2.05, 4.69) is 10.6 Å². The summed E-state index contributed by atoms with van der Waals surface area (Å²) in [6.45, 7) is 0. The van der Waals surface area contributed by atoms with Crippen molar-refractivity contribution in [3.05, 3.63) is 57.6 Å². The monoisotopic (exact) mass is 438 g/mol. The third-order valence-corrected chi connectivity index (χ3v) is 5.62. The number of hydrogen-bond donors (Lipinski definition) is 2. The van der Waals surface area contributed by atoms with Crippen LogP contribution >= 0.6 is 35.0 Å². The van der Waals surface area contributed by atoms with E-state index in [1.165, 1.54) is 7.11 Å². The quantitative estimate of drug-likeness (QED) is 0.709. The van der Waals surface area contributed by atoms with Crippen molar-refractivity contribution in [3.8, 4) is 5.75 Å². The maximum atomic E-state index is 12.5. The van der Waals surface area contributed by atoms with Crippen LogP contribution < -0.4 is 15.4 Å². The molecule has 0 bridgehead atoms. The molecule has 1 fully saturated rings. The Labute approximate surface area is 175 Å².